The van der Waals surface area contributed by atoms with Crippen LogP contribution in [-0.2, 0) is 9.59 Å². The standard InChI is InChI=1S/C22H38N2O3/c1-2-3-4-5-6-13-18-23-19(25)21(14-9-7-10-15-21)24(27)22(20(23)26)16-11-8-12-17-22/h27H,2-18H2,1H3. The van der Waals surface area contributed by atoms with Crippen LogP contribution in [0, 0.1) is 0 Å². The molecule has 1 aliphatic heterocycles. The Morgan fingerprint density at radius 1 is 0.741 bits per heavy atom. The second-order valence-electron chi connectivity index (χ2n) is 9.03. The van der Waals surface area contributed by atoms with E-state index in [4.69, 9.17) is 0 Å². The van der Waals surface area contributed by atoms with Crippen LogP contribution in [0.1, 0.15) is 110 Å². The van der Waals surface area contributed by atoms with Gasteiger partial charge in [0.2, 0.25) is 0 Å². The van der Waals surface area contributed by atoms with Crippen LogP contribution < -0.4 is 0 Å². The van der Waals surface area contributed by atoms with Gasteiger partial charge in [0.1, 0.15) is 11.1 Å². The summed E-state index contributed by atoms with van der Waals surface area (Å²) in [6, 6.07) is 0. The Labute approximate surface area is 164 Å². The number of hydrogen-bond donors (Lipinski definition) is 1. The van der Waals surface area contributed by atoms with E-state index in [1.165, 1.54) is 30.7 Å². The summed E-state index contributed by atoms with van der Waals surface area (Å²) in [5, 5.41) is 12.5. The number of imide groups is 1. The van der Waals surface area contributed by atoms with Crippen molar-refractivity contribution in [1.29, 1.82) is 0 Å². The van der Waals surface area contributed by atoms with Gasteiger partial charge in [-0.1, -0.05) is 77.6 Å². The van der Waals surface area contributed by atoms with E-state index in [-0.39, 0.29) is 11.8 Å². The molecule has 3 fully saturated rings. The zero-order chi connectivity index (χ0) is 19.3. The van der Waals surface area contributed by atoms with E-state index >= 15 is 0 Å². The van der Waals surface area contributed by atoms with Crippen LogP contribution in [0.2, 0.25) is 0 Å². The summed E-state index contributed by atoms with van der Waals surface area (Å²) in [4.78, 5) is 28.4. The molecule has 1 heterocycles. The largest absolute Gasteiger partial charge is 0.312 e. The van der Waals surface area contributed by atoms with E-state index in [9.17, 15) is 14.8 Å². The van der Waals surface area contributed by atoms with Crippen LogP contribution in [0.15, 0.2) is 0 Å². The first kappa shape index (κ1) is 20.8. The first-order valence-corrected chi connectivity index (χ1v) is 11.4. The smallest absolute Gasteiger partial charge is 0.252 e. The van der Waals surface area contributed by atoms with Crippen molar-refractivity contribution in [2.75, 3.05) is 6.54 Å². The molecule has 0 bridgehead atoms. The van der Waals surface area contributed by atoms with Gasteiger partial charge < -0.3 is 5.21 Å². The van der Waals surface area contributed by atoms with Gasteiger partial charge in [-0.25, -0.2) is 0 Å². The highest BCUT2D eigenvalue weighted by atomic mass is 16.5. The fourth-order valence-electron chi connectivity index (χ4n) is 5.56. The van der Waals surface area contributed by atoms with Gasteiger partial charge in [-0.15, -0.1) is 0 Å². The zero-order valence-corrected chi connectivity index (χ0v) is 17.2. The lowest BCUT2D eigenvalue weighted by atomic mass is 9.70. The molecule has 0 aromatic carbocycles. The van der Waals surface area contributed by atoms with Crippen LogP contribution in [0.4, 0.5) is 0 Å². The van der Waals surface area contributed by atoms with Crippen molar-refractivity contribution in [3.63, 3.8) is 0 Å². The first-order valence-electron chi connectivity index (χ1n) is 11.4. The van der Waals surface area contributed by atoms with Crippen LogP contribution in [0.25, 0.3) is 0 Å². The lowest BCUT2D eigenvalue weighted by Gasteiger charge is -2.57. The summed E-state index contributed by atoms with van der Waals surface area (Å²) < 4.78 is 0. The summed E-state index contributed by atoms with van der Waals surface area (Å²) in [5.74, 6) is -0.251. The zero-order valence-electron chi connectivity index (χ0n) is 17.2. The number of unbranched alkanes of at least 4 members (excludes halogenated alkanes) is 5. The predicted octanol–water partition coefficient (Wildman–Crippen LogP) is 4.81. The Morgan fingerprint density at radius 3 is 1.67 bits per heavy atom. The van der Waals surface area contributed by atoms with Crippen molar-refractivity contribution in [1.82, 2.24) is 9.96 Å². The van der Waals surface area contributed by atoms with Crippen molar-refractivity contribution in [3.8, 4) is 0 Å². The summed E-state index contributed by atoms with van der Waals surface area (Å²) in [5.41, 5.74) is -1.71. The van der Waals surface area contributed by atoms with Gasteiger partial charge in [-0.05, 0) is 32.1 Å². The van der Waals surface area contributed by atoms with E-state index in [0.717, 1.165) is 51.4 Å². The van der Waals surface area contributed by atoms with Crippen LogP contribution in [0.5, 0.6) is 0 Å². The summed E-state index contributed by atoms with van der Waals surface area (Å²) in [6.45, 7) is 2.74. The van der Waals surface area contributed by atoms with Crippen LogP contribution in [-0.4, -0.2) is 44.6 Å². The molecule has 3 aliphatic rings. The maximum absolute atomic E-state index is 13.4. The van der Waals surface area contributed by atoms with Gasteiger partial charge >= 0.3 is 0 Å². The number of hydroxylamine groups is 2. The van der Waals surface area contributed by atoms with E-state index < -0.39 is 11.1 Å². The van der Waals surface area contributed by atoms with Crippen LogP contribution in [0.3, 0.4) is 0 Å². The second kappa shape index (κ2) is 9.04. The number of amides is 2. The van der Waals surface area contributed by atoms with Gasteiger partial charge in [-0.3, -0.25) is 14.5 Å². The summed E-state index contributed by atoms with van der Waals surface area (Å²) >= 11 is 0. The maximum Gasteiger partial charge on any atom is 0.252 e. The SMILES string of the molecule is CCCCCCCCN1C(=O)C2(CCCCC2)N(O)C2(CCCCC2)C1=O. The average molecular weight is 379 g/mol. The van der Waals surface area contributed by atoms with Crippen LogP contribution >= 0.6 is 0 Å². The third-order valence-corrected chi connectivity index (χ3v) is 7.19. The van der Waals surface area contributed by atoms with Crippen molar-refractivity contribution in [3.05, 3.63) is 0 Å². The molecule has 3 rings (SSSR count). The molecule has 0 atom stereocenters. The Bertz CT molecular complexity index is 484. The highest BCUT2D eigenvalue weighted by molar-refractivity contribution is 6.06. The molecule has 1 saturated heterocycles. The third kappa shape index (κ3) is 3.82. The molecule has 0 aromatic rings. The lowest BCUT2D eigenvalue weighted by molar-refractivity contribution is -0.267. The van der Waals surface area contributed by atoms with E-state index in [1.807, 2.05) is 0 Å². The highest BCUT2D eigenvalue weighted by Crippen LogP contribution is 2.47. The molecular weight excluding hydrogens is 340 g/mol. The number of nitrogens with zero attached hydrogens (tertiary/aromatic N) is 2. The van der Waals surface area contributed by atoms with E-state index in [0.29, 0.717) is 32.2 Å². The van der Waals surface area contributed by atoms with Gasteiger partial charge in [0.15, 0.2) is 0 Å². The molecule has 5 heteroatoms. The van der Waals surface area contributed by atoms with Crippen molar-refractivity contribution in [2.45, 2.75) is 121 Å². The number of rotatable bonds is 7. The van der Waals surface area contributed by atoms with Crippen molar-refractivity contribution < 1.29 is 14.8 Å². The number of carbonyl (C=O) groups excluding carboxylic acids is 2. The topological polar surface area (TPSA) is 60.9 Å². The Kier molecular flexibility index (Phi) is 6.96. The molecule has 2 amide bonds. The second-order valence-corrected chi connectivity index (χ2v) is 9.03. The minimum atomic E-state index is -0.855. The highest BCUT2D eigenvalue weighted by Gasteiger charge is 2.63. The van der Waals surface area contributed by atoms with E-state index in [2.05, 4.69) is 6.92 Å². The molecular formula is C22H38N2O3. The fourth-order valence-corrected chi connectivity index (χ4v) is 5.56. The molecule has 1 N–H and O–H groups in total. The average Bonchev–Trinajstić information content (AvgIpc) is 2.72. The molecule has 5 nitrogen and oxygen atoms in total. The minimum absolute atomic E-state index is 0.126. The number of carbonyl (C=O) groups is 2. The molecule has 27 heavy (non-hydrogen) atoms. The first-order chi connectivity index (χ1) is 13.1. The van der Waals surface area contributed by atoms with Crippen molar-refractivity contribution >= 4 is 11.8 Å². The monoisotopic (exact) mass is 378 g/mol. The van der Waals surface area contributed by atoms with Gasteiger partial charge in [0, 0.05) is 6.54 Å². The third-order valence-electron chi connectivity index (χ3n) is 7.19. The summed E-state index contributed by atoms with van der Waals surface area (Å²) in [6.07, 6.45) is 15.6. The number of hydrogen-bond acceptors (Lipinski definition) is 4. The normalized spacial score (nSPS) is 25.5. The molecule has 0 unspecified atom stereocenters. The Hall–Kier alpha value is -0.940. The van der Waals surface area contributed by atoms with E-state index in [1.54, 1.807) is 4.90 Å². The fraction of sp³-hybridized carbons (Fsp3) is 0.909. The molecule has 2 saturated carbocycles. The summed E-state index contributed by atoms with van der Waals surface area (Å²) in [7, 11) is 0. The lowest BCUT2D eigenvalue weighted by Crippen LogP contribution is -2.77. The molecule has 154 valence electrons. The maximum atomic E-state index is 13.4. The molecule has 0 radical (unpaired) electrons. The van der Waals surface area contributed by atoms with Crippen molar-refractivity contribution in [2.24, 2.45) is 0 Å². The molecule has 2 aliphatic carbocycles. The van der Waals surface area contributed by atoms with Gasteiger partial charge in [0.25, 0.3) is 11.8 Å². The Balaban J connectivity index is 1.77. The van der Waals surface area contributed by atoms with Gasteiger partial charge in [0.05, 0.1) is 0 Å². The minimum Gasteiger partial charge on any atom is -0.312 e. The molecule has 2 spiro atoms. The number of piperazine rings is 1. The Morgan fingerprint density at radius 2 is 1.19 bits per heavy atom. The molecule has 0 aromatic heterocycles. The van der Waals surface area contributed by atoms with Gasteiger partial charge in [-0.2, -0.15) is 5.06 Å². The predicted molar refractivity (Wildman–Crippen MR) is 105 cm³/mol. The quantitative estimate of drug-likeness (QED) is 0.510.